The van der Waals surface area contributed by atoms with Gasteiger partial charge in [-0.05, 0) is 25.1 Å². The quantitative estimate of drug-likeness (QED) is 0.756. The molecule has 8 heteroatoms. The molecule has 2 aliphatic heterocycles. The third-order valence-corrected chi connectivity index (χ3v) is 4.76. The van der Waals surface area contributed by atoms with E-state index in [0.29, 0.717) is 30.0 Å². The summed E-state index contributed by atoms with van der Waals surface area (Å²) < 4.78 is 0. The second-order valence-corrected chi connectivity index (χ2v) is 6.28. The number of fused-ring (bicyclic) bond motifs is 1. The Balaban J connectivity index is 1.57. The lowest BCUT2D eigenvalue weighted by Gasteiger charge is -2.35. The zero-order valence-corrected chi connectivity index (χ0v) is 14.2. The molecule has 2 aromatic rings. The lowest BCUT2D eigenvalue weighted by molar-refractivity contribution is -0.120. The fraction of sp³-hybridized carbons (Fsp3) is 0.278. The first kappa shape index (κ1) is 16.2. The molecular weight excluding hydrogens is 334 g/mol. The minimum absolute atomic E-state index is 0.175. The van der Waals surface area contributed by atoms with Gasteiger partial charge in [0.05, 0.1) is 29.7 Å². The Kier molecular flexibility index (Phi) is 3.87. The van der Waals surface area contributed by atoms with Crippen molar-refractivity contribution >= 4 is 23.5 Å². The van der Waals surface area contributed by atoms with Crippen LogP contribution in [0.15, 0.2) is 42.6 Å². The van der Waals surface area contributed by atoms with Crippen LogP contribution < -0.4 is 4.90 Å². The summed E-state index contributed by atoms with van der Waals surface area (Å²) in [6.45, 7) is 2.59. The summed E-state index contributed by atoms with van der Waals surface area (Å²) in [5, 5.41) is 7.66. The highest BCUT2D eigenvalue weighted by atomic mass is 16.2. The number of amides is 4. The topological polar surface area (TPSA) is 86.7 Å². The summed E-state index contributed by atoms with van der Waals surface area (Å²) in [4.78, 5) is 42.6. The maximum absolute atomic E-state index is 12.8. The number of imide groups is 1. The minimum Gasteiger partial charge on any atom is -0.334 e. The van der Waals surface area contributed by atoms with Gasteiger partial charge in [0.1, 0.15) is 6.04 Å². The molecule has 1 aromatic heterocycles. The molecule has 4 rings (SSSR count). The zero-order chi connectivity index (χ0) is 18.3. The van der Waals surface area contributed by atoms with E-state index in [1.165, 1.54) is 16.0 Å². The van der Waals surface area contributed by atoms with Crippen LogP contribution in [0.4, 0.5) is 10.5 Å². The van der Waals surface area contributed by atoms with Crippen molar-refractivity contribution in [2.45, 2.75) is 13.0 Å². The molecule has 0 radical (unpaired) electrons. The predicted octanol–water partition coefficient (Wildman–Crippen LogP) is 1.08. The standard InChI is InChI=1S/C18H17N5O3/c1-12-14(7-8-19-20-12)16(24)21-9-10-22-15(11-21)17(25)23(18(22)26)13-5-3-2-4-6-13/h2-8,15H,9-11H2,1H3. The molecule has 2 fully saturated rings. The average Bonchev–Trinajstić information content (AvgIpc) is 2.92. The zero-order valence-electron chi connectivity index (χ0n) is 14.2. The van der Waals surface area contributed by atoms with Crippen LogP contribution in [0.2, 0.25) is 0 Å². The maximum Gasteiger partial charge on any atom is 0.332 e. The lowest BCUT2D eigenvalue weighted by atomic mass is 10.1. The number of rotatable bonds is 2. The first-order valence-electron chi connectivity index (χ1n) is 8.35. The fourth-order valence-electron chi connectivity index (χ4n) is 3.39. The van der Waals surface area contributed by atoms with E-state index in [4.69, 9.17) is 0 Å². The van der Waals surface area contributed by atoms with E-state index in [0.717, 1.165) is 0 Å². The summed E-state index contributed by atoms with van der Waals surface area (Å²) in [7, 11) is 0. The predicted molar refractivity (Wildman–Crippen MR) is 92.5 cm³/mol. The SMILES string of the molecule is Cc1nnccc1C(=O)N1CCN2C(=O)N(c3ccccc3)C(=O)C2C1. The van der Waals surface area contributed by atoms with Crippen LogP contribution in [0.25, 0.3) is 0 Å². The van der Waals surface area contributed by atoms with E-state index in [2.05, 4.69) is 10.2 Å². The first-order valence-corrected chi connectivity index (χ1v) is 8.35. The lowest BCUT2D eigenvalue weighted by Crippen LogP contribution is -2.54. The van der Waals surface area contributed by atoms with Gasteiger partial charge < -0.3 is 9.80 Å². The van der Waals surface area contributed by atoms with Crippen LogP contribution in [0.3, 0.4) is 0 Å². The summed E-state index contributed by atoms with van der Waals surface area (Å²) in [6, 6.07) is 9.47. The van der Waals surface area contributed by atoms with Crippen molar-refractivity contribution in [3.05, 3.63) is 53.9 Å². The van der Waals surface area contributed by atoms with Gasteiger partial charge in [-0.15, -0.1) is 0 Å². The van der Waals surface area contributed by atoms with Crippen molar-refractivity contribution in [2.75, 3.05) is 24.5 Å². The van der Waals surface area contributed by atoms with Crippen molar-refractivity contribution in [1.29, 1.82) is 0 Å². The van der Waals surface area contributed by atoms with E-state index in [-0.39, 0.29) is 24.4 Å². The van der Waals surface area contributed by atoms with Gasteiger partial charge in [-0.25, -0.2) is 9.69 Å². The highest BCUT2D eigenvalue weighted by molar-refractivity contribution is 6.21. The van der Waals surface area contributed by atoms with E-state index in [1.807, 2.05) is 6.07 Å². The van der Waals surface area contributed by atoms with Crippen LogP contribution in [0, 0.1) is 6.92 Å². The summed E-state index contributed by atoms with van der Waals surface area (Å²) >= 11 is 0. The largest absolute Gasteiger partial charge is 0.334 e. The summed E-state index contributed by atoms with van der Waals surface area (Å²) in [5.74, 6) is -0.501. The average molecular weight is 351 g/mol. The van der Waals surface area contributed by atoms with Gasteiger partial charge in [0.25, 0.3) is 11.8 Å². The fourth-order valence-corrected chi connectivity index (χ4v) is 3.39. The molecule has 8 nitrogen and oxygen atoms in total. The molecule has 1 aromatic carbocycles. The third kappa shape index (κ3) is 2.50. The Labute approximate surface area is 150 Å². The van der Waals surface area contributed by atoms with Crippen LogP contribution in [0.5, 0.6) is 0 Å². The highest BCUT2D eigenvalue weighted by Gasteiger charge is 2.49. The highest BCUT2D eigenvalue weighted by Crippen LogP contribution is 2.27. The van der Waals surface area contributed by atoms with Gasteiger partial charge in [0, 0.05) is 13.1 Å². The molecule has 2 aliphatic rings. The number of piperazine rings is 1. The Bertz CT molecular complexity index is 885. The van der Waals surface area contributed by atoms with Crippen molar-refractivity contribution in [3.8, 4) is 0 Å². The Morgan fingerprint density at radius 3 is 2.62 bits per heavy atom. The van der Waals surface area contributed by atoms with Crippen LogP contribution in [-0.2, 0) is 4.79 Å². The number of hydrogen-bond acceptors (Lipinski definition) is 5. The normalized spacial score (nSPS) is 19.7. The first-order chi connectivity index (χ1) is 12.6. The number of anilines is 1. The molecule has 0 bridgehead atoms. The number of urea groups is 1. The van der Waals surface area contributed by atoms with Crippen LogP contribution in [-0.4, -0.2) is 63.5 Å². The molecule has 0 saturated carbocycles. The van der Waals surface area contributed by atoms with Gasteiger partial charge in [0.2, 0.25) is 0 Å². The molecular formula is C18H17N5O3. The maximum atomic E-state index is 12.8. The molecule has 2 saturated heterocycles. The second-order valence-electron chi connectivity index (χ2n) is 6.28. The molecule has 4 amide bonds. The van der Waals surface area contributed by atoms with Gasteiger partial charge in [-0.3, -0.25) is 9.59 Å². The van der Waals surface area contributed by atoms with E-state index >= 15 is 0 Å². The van der Waals surface area contributed by atoms with Crippen LogP contribution >= 0.6 is 0 Å². The molecule has 0 aliphatic carbocycles. The van der Waals surface area contributed by atoms with Crippen molar-refractivity contribution in [3.63, 3.8) is 0 Å². The second kappa shape index (κ2) is 6.21. The number of nitrogens with zero attached hydrogens (tertiary/aromatic N) is 5. The molecule has 3 heterocycles. The van der Waals surface area contributed by atoms with Gasteiger partial charge in [0.15, 0.2) is 0 Å². The monoisotopic (exact) mass is 351 g/mol. The van der Waals surface area contributed by atoms with E-state index in [9.17, 15) is 14.4 Å². The van der Waals surface area contributed by atoms with Gasteiger partial charge >= 0.3 is 6.03 Å². The number of hydrogen-bond donors (Lipinski definition) is 0. The van der Waals surface area contributed by atoms with Crippen molar-refractivity contribution in [2.24, 2.45) is 0 Å². The Morgan fingerprint density at radius 1 is 1.12 bits per heavy atom. The summed E-state index contributed by atoms with van der Waals surface area (Å²) in [5.41, 5.74) is 1.55. The molecule has 26 heavy (non-hydrogen) atoms. The Morgan fingerprint density at radius 2 is 1.88 bits per heavy atom. The van der Waals surface area contributed by atoms with E-state index in [1.54, 1.807) is 42.2 Å². The number of aromatic nitrogens is 2. The molecule has 1 unspecified atom stereocenters. The number of para-hydroxylation sites is 1. The van der Waals surface area contributed by atoms with Crippen molar-refractivity contribution < 1.29 is 14.4 Å². The smallest absolute Gasteiger partial charge is 0.332 e. The van der Waals surface area contributed by atoms with E-state index < -0.39 is 6.04 Å². The van der Waals surface area contributed by atoms with Crippen molar-refractivity contribution in [1.82, 2.24) is 20.0 Å². The number of aryl methyl sites for hydroxylation is 1. The number of benzene rings is 1. The minimum atomic E-state index is -0.657. The number of carbonyl (C=O) groups is 3. The van der Waals surface area contributed by atoms with Gasteiger partial charge in [-0.2, -0.15) is 10.2 Å². The van der Waals surface area contributed by atoms with Crippen LogP contribution in [0.1, 0.15) is 16.1 Å². The molecule has 132 valence electrons. The number of carbonyl (C=O) groups excluding carboxylic acids is 3. The molecule has 0 spiro atoms. The summed E-state index contributed by atoms with van der Waals surface area (Å²) in [6.07, 6.45) is 1.47. The Hall–Kier alpha value is -3.29. The molecule has 1 atom stereocenters. The van der Waals surface area contributed by atoms with Gasteiger partial charge in [-0.1, -0.05) is 18.2 Å². The molecule has 0 N–H and O–H groups in total. The third-order valence-electron chi connectivity index (χ3n) is 4.76.